The van der Waals surface area contributed by atoms with E-state index in [4.69, 9.17) is 13.8 Å². The number of fused-ring (bicyclic) bond motifs is 2. The topological polar surface area (TPSA) is 52.1 Å². The number of benzene rings is 2. The minimum absolute atomic E-state index is 0.290. The number of aromatic nitrogens is 2. The van der Waals surface area contributed by atoms with Crippen molar-refractivity contribution in [2.24, 2.45) is 0 Å². The van der Waals surface area contributed by atoms with E-state index in [-0.39, 0.29) is 0 Å². The smallest absolute Gasteiger partial charge is 0.196 e. The highest BCUT2D eigenvalue weighted by Crippen LogP contribution is 2.26. The summed E-state index contributed by atoms with van der Waals surface area (Å²) in [7, 11) is 0. The maximum atomic E-state index is 5.94. The number of hydrogen-bond donors (Lipinski definition) is 0. The molecule has 2 aromatic heterocycles. The highest BCUT2D eigenvalue weighted by atomic mass is 32.2. The van der Waals surface area contributed by atoms with Crippen molar-refractivity contribution in [2.75, 3.05) is 12.0 Å². The van der Waals surface area contributed by atoms with Gasteiger partial charge in [0.15, 0.2) is 23.5 Å². The Bertz CT molecular complexity index is 1010. The number of thioether (sulfide) groups is 1. The molecule has 5 heteroatoms. The summed E-state index contributed by atoms with van der Waals surface area (Å²) in [6.07, 6.45) is 5.43. The zero-order valence-electron chi connectivity index (χ0n) is 14.4. The lowest BCUT2D eigenvalue weighted by molar-refractivity contribution is 0.507. The fraction of sp³-hybridized carbons (Fsp3) is 0.300. The van der Waals surface area contributed by atoms with E-state index in [1.54, 1.807) is 0 Å². The second-order valence-electron chi connectivity index (χ2n) is 6.34. The molecule has 0 saturated heterocycles. The van der Waals surface area contributed by atoms with Gasteiger partial charge >= 0.3 is 0 Å². The lowest BCUT2D eigenvalue weighted by Crippen LogP contribution is -1.98. The van der Waals surface area contributed by atoms with Crippen LogP contribution in [0.15, 0.2) is 51.6 Å². The molecule has 25 heavy (non-hydrogen) atoms. The third kappa shape index (κ3) is 3.42. The normalized spacial score (nSPS) is 12.9. The van der Waals surface area contributed by atoms with Crippen molar-refractivity contribution in [1.29, 1.82) is 0 Å². The molecule has 0 bridgehead atoms. The summed E-state index contributed by atoms with van der Waals surface area (Å²) in [5.41, 5.74) is 6.03. The molecule has 2 heterocycles. The van der Waals surface area contributed by atoms with Gasteiger partial charge in [0.1, 0.15) is 11.0 Å². The van der Waals surface area contributed by atoms with Crippen molar-refractivity contribution in [3.63, 3.8) is 0 Å². The van der Waals surface area contributed by atoms with Crippen LogP contribution < -0.4 is 0 Å². The molecule has 0 spiro atoms. The Kier molecular flexibility index (Phi) is 4.49. The van der Waals surface area contributed by atoms with Gasteiger partial charge in [0.25, 0.3) is 0 Å². The third-order valence-corrected chi connectivity index (χ3v) is 5.11. The van der Waals surface area contributed by atoms with Crippen molar-refractivity contribution < 1.29 is 8.83 Å². The molecular weight excluding hydrogens is 332 g/mol. The molecule has 4 aromatic rings. The van der Waals surface area contributed by atoms with Crippen molar-refractivity contribution in [2.45, 2.75) is 25.7 Å². The zero-order valence-corrected chi connectivity index (χ0v) is 15.2. The molecule has 1 atom stereocenters. The summed E-state index contributed by atoms with van der Waals surface area (Å²) in [6, 6.07) is 12.5. The van der Waals surface area contributed by atoms with Gasteiger partial charge < -0.3 is 8.83 Å². The van der Waals surface area contributed by atoms with Crippen LogP contribution in [0.3, 0.4) is 0 Å². The Labute approximate surface area is 150 Å². The van der Waals surface area contributed by atoms with Crippen LogP contribution in [0.5, 0.6) is 0 Å². The van der Waals surface area contributed by atoms with Crippen molar-refractivity contribution in [3.05, 3.63) is 59.8 Å². The second kappa shape index (κ2) is 6.92. The highest BCUT2D eigenvalue weighted by Gasteiger charge is 2.14. The maximum Gasteiger partial charge on any atom is 0.196 e. The molecular formula is C20H20N2O2S. The first-order chi connectivity index (χ1) is 12.2. The largest absolute Gasteiger partial charge is 0.443 e. The molecule has 4 rings (SSSR count). The van der Waals surface area contributed by atoms with Crippen LogP contribution in [0, 0.1) is 0 Å². The molecule has 0 radical (unpaired) electrons. The van der Waals surface area contributed by atoms with Gasteiger partial charge in [-0.25, -0.2) is 9.97 Å². The first kappa shape index (κ1) is 16.2. The molecule has 2 aromatic carbocycles. The van der Waals surface area contributed by atoms with Crippen molar-refractivity contribution in [1.82, 2.24) is 9.97 Å². The average Bonchev–Trinajstić information content (AvgIpc) is 3.24. The van der Waals surface area contributed by atoms with Gasteiger partial charge in [0, 0.05) is 6.42 Å². The molecule has 0 aliphatic heterocycles. The Morgan fingerprint density at radius 3 is 2.88 bits per heavy atom. The van der Waals surface area contributed by atoms with E-state index >= 15 is 0 Å². The Hall–Kier alpha value is -2.27. The van der Waals surface area contributed by atoms with Crippen molar-refractivity contribution >= 4 is 34.0 Å². The van der Waals surface area contributed by atoms with Crippen LogP contribution in [0.1, 0.15) is 29.9 Å². The van der Waals surface area contributed by atoms with E-state index in [1.807, 2.05) is 23.9 Å². The molecule has 4 nitrogen and oxygen atoms in total. The molecule has 0 N–H and O–H groups in total. The van der Waals surface area contributed by atoms with Gasteiger partial charge in [-0.2, -0.15) is 11.8 Å². The summed E-state index contributed by atoms with van der Waals surface area (Å²) in [4.78, 5) is 8.85. The van der Waals surface area contributed by atoms with E-state index in [2.05, 4.69) is 42.4 Å². The van der Waals surface area contributed by atoms with Crippen LogP contribution in [-0.4, -0.2) is 22.0 Å². The predicted molar refractivity (Wildman–Crippen MR) is 102 cm³/mol. The molecule has 0 saturated carbocycles. The fourth-order valence-electron chi connectivity index (χ4n) is 3.04. The average molecular weight is 352 g/mol. The van der Waals surface area contributed by atoms with Gasteiger partial charge in [-0.1, -0.05) is 19.1 Å². The summed E-state index contributed by atoms with van der Waals surface area (Å²) in [5, 5.41) is 0. The van der Waals surface area contributed by atoms with Gasteiger partial charge in [-0.3, -0.25) is 0 Å². The molecule has 0 aliphatic rings. The lowest BCUT2D eigenvalue weighted by atomic mass is 9.97. The summed E-state index contributed by atoms with van der Waals surface area (Å²) >= 11 is 1.86. The Morgan fingerprint density at radius 2 is 2.00 bits per heavy atom. The molecule has 0 aliphatic carbocycles. The summed E-state index contributed by atoms with van der Waals surface area (Å²) in [6.45, 7) is 2.18. The standard InChI is InChI=1S/C20H20N2O2S/c1-13(15-4-5-16-19(11-15)23-12-21-16)9-20-22-17-10-14(7-8-25-2)3-6-18(17)24-20/h3-6,10-13H,7-9H2,1-2H3. The number of nitrogens with zero attached hydrogens (tertiary/aromatic N) is 2. The zero-order chi connectivity index (χ0) is 17.2. The van der Waals surface area contributed by atoms with Crippen molar-refractivity contribution in [3.8, 4) is 0 Å². The minimum atomic E-state index is 0.290. The van der Waals surface area contributed by atoms with Crippen LogP contribution in [0.4, 0.5) is 0 Å². The van der Waals surface area contributed by atoms with E-state index in [9.17, 15) is 0 Å². The maximum absolute atomic E-state index is 5.94. The molecule has 0 fully saturated rings. The van der Waals surface area contributed by atoms with Crippen LogP contribution in [-0.2, 0) is 12.8 Å². The van der Waals surface area contributed by atoms with Crippen LogP contribution in [0.2, 0.25) is 0 Å². The first-order valence-corrected chi connectivity index (χ1v) is 9.83. The highest BCUT2D eigenvalue weighted by molar-refractivity contribution is 7.98. The number of hydrogen-bond acceptors (Lipinski definition) is 5. The molecule has 1 unspecified atom stereocenters. The number of oxazole rings is 2. The lowest BCUT2D eigenvalue weighted by Gasteiger charge is -2.08. The second-order valence-corrected chi connectivity index (χ2v) is 7.32. The number of rotatable bonds is 6. The molecule has 128 valence electrons. The van der Waals surface area contributed by atoms with Gasteiger partial charge in [-0.15, -0.1) is 0 Å². The third-order valence-electron chi connectivity index (χ3n) is 4.50. The van der Waals surface area contributed by atoms with Crippen LogP contribution in [0.25, 0.3) is 22.2 Å². The predicted octanol–water partition coefficient (Wildman–Crippen LogP) is 5.22. The minimum Gasteiger partial charge on any atom is -0.443 e. The Morgan fingerprint density at radius 1 is 1.08 bits per heavy atom. The van der Waals surface area contributed by atoms with E-state index < -0.39 is 0 Å². The quantitative estimate of drug-likeness (QED) is 0.476. The van der Waals surface area contributed by atoms with E-state index in [0.717, 1.165) is 46.7 Å². The van der Waals surface area contributed by atoms with Gasteiger partial charge in [0.2, 0.25) is 0 Å². The van der Waals surface area contributed by atoms with Gasteiger partial charge in [-0.05, 0) is 59.7 Å². The summed E-state index contributed by atoms with van der Waals surface area (Å²) in [5.74, 6) is 2.19. The molecule has 0 amide bonds. The monoisotopic (exact) mass is 352 g/mol. The summed E-state index contributed by atoms with van der Waals surface area (Å²) < 4.78 is 11.3. The number of aryl methyl sites for hydroxylation is 1. The SMILES string of the molecule is CSCCc1ccc2oc(CC(C)c3ccc4ncoc4c3)nc2c1. The van der Waals surface area contributed by atoms with E-state index in [0.29, 0.717) is 5.92 Å². The van der Waals surface area contributed by atoms with Gasteiger partial charge in [0.05, 0.1) is 0 Å². The van der Waals surface area contributed by atoms with Crippen LogP contribution >= 0.6 is 11.8 Å². The first-order valence-electron chi connectivity index (χ1n) is 8.43. The fourth-order valence-corrected chi connectivity index (χ4v) is 3.48. The Balaban J connectivity index is 1.54. The van der Waals surface area contributed by atoms with E-state index in [1.165, 1.54) is 17.5 Å².